The lowest BCUT2D eigenvalue weighted by Gasteiger charge is -2.32. The van der Waals surface area contributed by atoms with Gasteiger partial charge in [0, 0.05) is 6.61 Å². The van der Waals surface area contributed by atoms with Crippen molar-refractivity contribution >= 4 is 17.6 Å². The SMILES string of the molecule is Cc1cc(OCC(=O)OC(C)(C)C)c(C)c(C)c1Cc1ccc2c(c1)C1(CC1)C(=O)N2C1CCCCO1. The van der Waals surface area contributed by atoms with E-state index in [2.05, 4.69) is 32.0 Å². The minimum Gasteiger partial charge on any atom is -0.482 e. The van der Waals surface area contributed by atoms with E-state index in [0.717, 1.165) is 67.5 Å². The lowest BCUT2D eigenvalue weighted by Crippen LogP contribution is -2.43. The zero-order chi connectivity index (χ0) is 26.5. The minimum absolute atomic E-state index is 0.113. The van der Waals surface area contributed by atoms with Crippen LogP contribution in [0.25, 0.3) is 0 Å². The van der Waals surface area contributed by atoms with Gasteiger partial charge in [-0.1, -0.05) is 12.1 Å². The summed E-state index contributed by atoms with van der Waals surface area (Å²) in [7, 11) is 0. The summed E-state index contributed by atoms with van der Waals surface area (Å²) < 4.78 is 17.2. The Hall–Kier alpha value is -2.86. The third-order valence-electron chi connectivity index (χ3n) is 8.01. The maximum absolute atomic E-state index is 13.5. The lowest BCUT2D eigenvalue weighted by molar-refractivity contribution is -0.157. The number of esters is 1. The summed E-state index contributed by atoms with van der Waals surface area (Å²) in [5, 5.41) is 0. The smallest absolute Gasteiger partial charge is 0.344 e. The van der Waals surface area contributed by atoms with Crippen LogP contribution in [0, 0.1) is 20.8 Å². The first-order chi connectivity index (χ1) is 17.5. The van der Waals surface area contributed by atoms with Gasteiger partial charge in [-0.15, -0.1) is 0 Å². The maximum atomic E-state index is 13.5. The number of aryl methyl sites for hydroxylation is 1. The molecule has 2 aliphatic heterocycles. The molecule has 1 unspecified atom stereocenters. The highest BCUT2D eigenvalue weighted by Gasteiger charge is 2.60. The number of rotatable bonds is 6. The van der Waals surface area contributed by atoms with Crippen LogP contribution in [0.1, 0.15) is 86.3 Å². The molecule has 1 aliphatic carbocycles. The summed E-state index contributed by atoms with van der Waals surface area (Å²) in [6.07, 6.45) is 5.57. The third-order valence-corrected chi connectivity index (χ3v) is 8.01. The molecule has 6 heteroatoms. The number of carbonyl (C=O) groups is 2. The van der Waals surface area contributed by atoms with E-state index in [9.17, 15) is 9.59 Å². The predicted molar refractivity (Wildman–Crippen MR) is 143 cm³/mol. The van der Waals surface area contributed by atoms with Crippen molar-refractivity contribution < 1.29 is 23.8 Å². The number of benzene rings is 2. The molecule has 0 aromatic heterocycles. The zero-order valence-corrected chi connectivity index (χ0v) is 23.0. The normalized spacial score (nSPS) is 20.2. The van der Waals surface area contributed by atoms with E-state index >= 15 is 0 Å². The highest BCUT2D eigenvalue weighted by molar-refractivity contribution is 6.10. The lowest BCUT2D eigenvalue weighted by atomic mass is 9.90. The number of fused-ring (bicyclic) bond motifs is 2. The maximum Gasteiger partial charge on any atom is 0.344 e. The quantitative estimate of drug-likeness (QED) is 0.462. The molecule has 2 aromatic carbocycles. The first kappa shape index (κ1) is 25.8. The summed E-state index contributed by atoms with van der Waals surface area (Å²) in [5.74, 6) is 0.561. The van der Waals surface area contributed by atoms with Crippen LogP contribution in [0.4, 0.5) is 5.69 Å². The van der Waals surface area contributed by atoms with Gasteiger partial charge in [0.15, 0.2) is 6.61 Å². The van der Waals surface area contributed by atoms with Gasteiger partial charge in [0.25, 0.3) is 0 Å². The molecule has 2 aromatic rings. The van der Waals surface area contributed by atoms with E-state index in [1.807, 2.05) is 38.7 Å². The average Bonchev–Trinajstić information content (AvgIpc) is 3.61. The Labute approximate surface area is 220 Å². The van der Waals surface area contributed by atoms with Crippen LogP contribution in [-0.2, 0) is 30.9 Å². The van der Waals surface area contributed by atoms with Crippen molar-refractivity contribution in [3.63, 3.8) is 0 Å². The minimum atomic E-state index is -0.537. The first-order valence-electron chi connectivity index (χ1n) is 13.5. The van der Waals surface area contributed by atoms with Gasteiger partial charge in [-0.2, -0.15) is 0 Å². The Morgan fingerprint density at radius 2 is 1.86 bits per heavy atom. The molecule has 1 saturated heterocycles. The van der Waals surface area contributed by atoms with Gasteiger partial charge in [-0.25, -0.2) is 4.79 Å². The Bertz CT molecular complexity index is 1230. The van der Waals surface area contributed by atoms with Crippen molar-refractivity contribution in [1.29, 1.82) is 0 Å². The Morgan fingerprint density at radius 3 is 2.51 bits per heavy atom. The largest absolute Gasteiger partial charge is 0.482 e. The summed E-state index contributed by atoms with van der Waals surface area (Å²) >= 11 is 0. The summed E-state index contributed by atoms with van der Waals surface area (Å²) in [5.41, 5.74) is 7.10. The van der Waals surface area contributed by atoms with Gasteiger partial charge in [0.1, 0.15) is 17.6 Å². The molecule has 3 aliphatic rings. The van der Waals surface area contributed by atoms with Crippen LogP contribution >= 0.6 is 0 Å². The fraction of sp³-hybridized carbons (Fsp3) is 0.548. The van der Waals surface area contributed by atoms with E-state index < -0.39 is 5.60 Å². The van der Waals surface area contributed by atoms with Crippen molar-refractivity contribution in [1.82, 2.24) is 0 Å². The standard InChI is InChI=1S/C31H39NO5/c1-19-15-26(36-18-28(33)37-30(4,5)6)21(3)20(2)23(19)16-22-10-11-25-24(17-22)31(12-13-31)29(34)32(25)27-9-7-8-14-35-27/h10-11,15,17,27H,7-9,12-14,16,18H2,1-6H3. The van der Waals surface area contributed by atoms with Crippen LogP contribution < -0.4 is 9.64 Å². The average molecular weight is 506 g/mol. The van der Waals surface area contributed by atoms with Gasteiger partial charge < -0.3 is 14.2 Å². The second-order valence-corrected chi connectivity index (χ2v) is 11.9. The van der Waals surface area contributed by atoms with E-state index in [4.69, 9.17) is 14.2 Å². The highest BCUT2D eigenvalue weighted by Crippen LogP contribution is 2.58. The molecular weight excluding hydrogens is 466 g/mol. The topological polar surface area (TPSA) is 65.1 Å². The van der Waals surface area contributed by atoms with Gasteiger partial charge in [0.2, 0.25) is 5.91 Å². The molecule has 0 radical (unpaired) electrons. The van der Waals surface area contributed by atoms with Crippen LogP contribution in [0.3, 0.4) is 0 Å². The fourth-order valence-electron chi connectivity index (χ4n) is 5.80. The summed E-state index contributed by atoms with van der Waals surface area (Å²) in [6.45, 7) is 12.4. The molecule has 2 fully saturated rings. The molecule has 1 saturated carbocycles. The fourth-order valence-corrected chi connectivity index (χ4v) is 5.80. The number of ether oxygens (including phenoxy) is 3. The first-order valence-corrected chi connectivity index (χ1v) is 13.5. The summed E-state index contributed by atoms with van der Waals surface area (Å²) in [4.78, 5) is 27.6. The van der Waals surface area contributed by atoms with Gasteiger partial charge >= 0.3 is 5.97 Å². The predicted octanol–water partition coefficient (Wildman–Crippen LogP) is 5.83. The Balaban J connectivity index is 1.37. The molecule has 0 bridgehead atoms. The van der Waals surface area contributed by atoms with Crippen LogP contribution in [-0.4, -0.2) is 36.9 Å². The van der Waals surface area contributed by atoms with E-state index in [1.54, 1.807) is 0 Å². The van der Waals surface area contributed by atoms with Crippen molar-refractivity contribution in [2.24, 2.45) is 0 Å². The van der Waals surface area contributed by atoms with E-state index in [1.165, 1.54) is 16.7 Å². The second kappa shape index (κ2) is 9.46. The molecule has 198 valence electrons. The molecule has 5 rings (SSSR count). The van der Waals surface area contributed by atoms with Crippen molar-refractivity contribution in [2.75, 3.05) is 18.1 Å². The molecular formula is C31H39NO5. The van der Waals surface area contributed by atoms with Gasteiger partial charge in [-0.3, -0.25) is 9.69 Å². The molecule has 1 spiro atoms. The number of hydrogen-bond donors (Lipinski definition) is 0. The number of hydrogen-bond acceptors (Lipinski definition) is 5. The number of carbonyl (C=O) groups excluding carboxylic acids is 2. The molecule has 6 nitrogen and oxygen atoms in total. The van der Waals surface area contributed by atoms with Crippen LogP contribution in [0.15, 0.2) is 24.3 Å². The molecule has 1 amide bonds. The molecule has 37 heavy (non-hydrogen) atoms. The molecule has 1 atom stereocenters. The second-order valence-electron chi connectivity index (χ2n) is 11.9. The van der Waals surface area contributed by atoms with Gasteiger partial charge in [-0.05, 0) is 126 Å². The van der Waals surface area contributed by atoms with Crippen LogP contribution in [0.2, 0.25) is 0 Å². The number of anilines is 1. The number of amides is 1. The van der Waals surface area contributed by atoms with Gasteiger partial charge in [0.05, 0.1) is 11.1 Å². The third kappa shape index (κ3) is 4.88. The summed E-state index contributed by atoms with van der Waals surface area (Å²) in [6, 6.07) is 8.56. The molecule has 2 heterocycles. The highest BCUT2D eigenvalue weighted by atomic mass is 16.6. The monoisotopic (exact) mass is 505 g/mol. The van der Waals surface area contributed by atoms with Crippen molar-refractivity contribution in [3.05, 3.63) is 57.6 Å². The van der Waals surface area contributed by atoms with E-state index in [0.29, 0.717) is 5.75 Å². The zero-order valence-electron chi connectivity index (χ0n) is 23.0. The Morgan fingerprint density at radius 1 is 1.11 bits per heavy atom. The molecule has 0 N–H and O–H groups in total. The number of nitrogens with zero attached hydrogens (tertiary/aromatic N) is 1. The van der Waals surface area contributed by atoms with Crippen LogP contribution in [0.5, 0.6) is 5.75 Å². The Kier molecular flexibility index (Phi) is 6.59. The van der Waals surface area contributed by atoms with Crippen molar-refractivity contribution in [2.45, 2.75) is 97.3 Å². The van der Waals surface area contributed by atoms with E-state index in [-0.39, 0.29) is 30.1 Å². The van der Waals surface area contributed by atoms with Crippen molar-refractivity contribution in [3.8, 4) is 5.75 Å².